The van der Waals surface area contributed by atoms with Crippen molar-refractivity contribution in [3.05, 3.63) is 66.0 Å². The van der Waals surface area contributed by atoms with Gasteiger partial charge in [-0.2, -0.15) is 5.10 Å². The van der Waals surface area contributed by atoms with Gasteiger partial charge < -0.3 is 24.8 Å². The molecule has 9 heteroatoms. The second-order valence-corrected chi connectivity index (χ2v) is 6.74. The summed E-state index contributed by atoms with van der Waals surface area (Å²) in [7, 11) is 6.68. The maximum absolute atomic E-state index is 5.36. The van der Waals surface area contributed by atoms with Crippen molar-refractivity contribution in [3.8, 4) is 22.9 Å². The molecular weight excluding hydrogens is 521 g/mol. The molecule has 0 atom stereocenters. The molecule has 1 heterocycles. The van der Waals surface area contributed by atoms with Crippen LogP contribution in [0.2, 0.25) is 0 Å². The molecular formula is C23H30IN5O3. The molecule has 1 aromatic heterocycles. The number of aliphatic imine (C=N–C) groups is 1. The van der Waals surface area contributed by atoms with E-state index in [0.717, 1.165) is 53.1 Å². The highest BCUT2D eigenvalue weighted by Gasteiger charge is 2.06. The Kier molecular flexibility index (Phi) is 10.1. The Morgan fingerprint density at radius 2 is 1.69 bits per heavy atom. The maximum Gasteiger partial charge on any atom is 0.191 e. The first-order valence-electron chi connectivity index (χ1n) is 10.0. The van der Waals surface area contributed by atoms with Crippen molar-refractivity contribution in [2.24, 2.45) is 4.99 Å². The summed E-state index contributed by atoms with van der Waals surface area (Å²) in [5.74, 6) is 3.00. The summed E-state index contributed by atoms with van der Waals surface area (Å²) in [6, 6.07) is 15.7. The Bertz CT molecular complexity index is 1010. The van der Waals surface area contributed by atoms with E-state index >= 15 is 0 Å². The quantitative estimate of drug-likeness (QED) is 0.241. The number of hydrogen-bond acceptors (Lipinski definition) is 5. The number of methoxy groups -OCH3 is 3. The number of guanidine groups is 1. The first-order valence-corrected chi connectivity index (χ1v) is 10.0. The third-order valence-electron chi connectivity index (χ3n) is 4.80. The van der Waals surface area contributed by atoms with Gasteiger partial charge in [0.2, 0.25) is 0 Å². The Balaban J connectivity index is 0.00000363. The first-order chi connectivity index (χ1) is 15.2. The van der Waals surface area contributed by atoms with E-state index < -0.39 is 0 Å². The lowest BCUT2D eigenvalue weighted by Crippen LogP contribution is -2.38. The molecule has 0 radical (unpaired) electrons. The van der Waals surface area contributed by atoms with E-state index in [1.54, 1.807) is 28.4 Å². The molecule has 32 heavy (non-hydrogen) atoms. The number of nitrogens with zero attached hydrogens (tertiary/aromatic N) is 3. The monoisotopic (exact) mass is 551 g/mol. The van der Waals surface area contributed by atoms with Gasteiger partial charge in [-0.15, -0.1) is 24.0 Å². The van der Waals surface area contributed by atoms with E-state index in [-0.39, 0.29) is 24.0 Å². The summed E-state index contributed by atoms with van der Waals surface area (Å²) >= 11 is 0. The van der Waals surface area contributed by atoms with Crippen molar-refractivity contribution in [2.45, 2.75) is 13.0 Å². The molecule has 3 aromatic rings. The van der Waals surface area contributed by atoms with Gasteiger partial charge in [0.15, 0.2) is 17.5 Å². The topological polar surface area (TPSA) is 81.9 Å². The lowest BCUT2D eigenvalue weighted by Gasteiger charge is -2.12. The van der Waals surface area contributed by atoms with Crippen LogP contribution >= 0.6 is 24.0 Å². The number of benzene rings is 2. The summed E-state index contributed by atoms with van der Waals surface area (Å²) in [6.07, 6.45) is 2.76. The largest absolute Gasteiger partial charge is 0.497 e. The SMILES string of the molecule is CN=C(NCCc1ccc(OC)c(OC)c1)NCc1ccn(-c2ccc(OC)cc2)n1.I. The Hall–Kier alpha value is -2.95. The molecule has 0 fully saturated rings. The van der Waals surface area contributed by atoms with Crippen LogP contribution in [0.15, 0.2) is 59.7 Å². The smallest absolute Gasteiger partial charge is 0.191 e. The van der Waals surface area contributed by atoms with Gasteiger partial charge in [-0.1, -0.05) is 6.07 Å². The maximum atomic E-state index is 5.36. The van der Waals surface area contributed by atoms with Crippen LogP contribution in [0.25, 0.3) is 5.69 Å². The molecule has 3 rings (SSSR count). The molecule has 0 aliphatic rings. The highest BCUT2D eigenvalue weighted by molar-refractivity contribution is 14.0. The summed E-state index contributed by atoms with van der Waals surface area (Å²) in [5, 5.41) is 11.2. The molecule has 0 unspecified atom stereocenters. The number of nitrogens with one attached hydrogen (secondary N) is 2. The standard InChI is InChI=1S/C23H29N5O3.HI/c1-24-23(25-13-11-17-5-10-21(30-3)22(15-17)31-4)26-16-18-12-14-28(27-18)19-6-8-20(29-2)9-7-19;/h5-10,12,14-15H,11,13,16H2,1-4H3,(H2,24,25,26);1H. The van der Waals surface area contributed by atoms with Crippen molar-refractivity contribution < 1.29 is 14.2 Å². The Morgan fingerprint density at radius 3 is 2.34 bits per heavy atom. The highest BCUT2D eigenvalue weighted by Crippen LogP contribution is 2.27. The van der Waals surface area contributed by atoms with Gasteiger partial charge in [-0.05, 0) is 54.4 Å². The van der Waals surface area contributed by atoms with Crippen LogP contribution in [0.1, 0.15) is 11.3 Å². The van der Waals surface area contributed by atoms with Crippen LogP contribution in [0.3, 0.4) is 0 Å². The average molecular weight is 551 g/mol. The molecule has 0 aliphatic carbocycles. The Morgan fingerprint density at radius 1 is 0.938 bits per heavy atom. The minimum Gasteiger partial charge on any atom is -0.497 e. The number of ether oxygens (including phenoxy) is 3. The van der Waals surface area contributed by atoms with E-state index in [1.807, 2.05) is 59.4 Å². The summed E-state index contributed by atoms with van der Waals surface area (Å²) in [4.78, 5) is 4.28. The zero-order valence-electron chi connectivity index (χ0n) is 18.8. The minimum atomic E-state index is 0. The van der Waals surface area contributed by atoms with Crippen LogP contribution in [0.5, 0.6) is 17.2 Å². The molecule has 0 spiro atoms. The predicted octanol–water partition coefficient (Wildman–Crippen LogP) is 3.42. The van der Waals surface area contributed by atoms with E-state index in [1.165, 1.54) is 0 Å². The van der Waals surface area contributed by atoms with Gasteiger partial charge >= 0.3 is 0 Å². The van der Waals surface area contributed by atoms with E-state index in [0.29, 0.717) is 6.54 Å². The van der Waals surface area contributed by atoms with Crippen molar-refractivity contribution in [3.63, 3.8) is 0 Å². The van der Waals surface area contributed by atoms with Gasteiger partial charge in [0.25, 0.3) is 0 Å². The molecule has 0 saturated carbocycles. The number of halogens is 1. The molecule has 0 aliphatic heterocycles. The van der Waals surface area contributed by atoms with Gasteiger partial charge in [0.1, 0.15) is 5.75 Å². The summed E-state index contributed by atoms with van der Waals surface area (Å²) < 4.78 is 17.7. The normalized spacial score (nSPS) is 10.8. The van der Waals surface area contributed by atoms with Crippen LogP contribution < -0.4 is 24.8 Å². The lowest BCUT2D eigenvalue weighted by molar-refractivity contribution is 0.354. The zero-order chi connectivity index (χ0) is 22.1. The third kappa shape index (κ3) is 6.78. The van der Waals surface area contributed by atoms with Crippen molar-refractivity contribution in [1.29, 1.82) is 0 Å². The van der Waals surface area contributed by atoms with Crippen molar-refractivity contribution >= 4 is 29.9 Å². The van der Waals surface area contributed by atoms with Gasteiger partial charge in [0, 0.05) is 19.8 Å². The van der Waals surface area contributed by atoms with Gasteiger partial charge in [-0.25, -0.2) is 4.68 Å². The third-order valence-corrected chi connectivity index (χ3v) is 4.80. The van der Waals surface area contributed by atoms with Gasteiger partial charge in [0.05, 0.1) is 39.3 Å². The Labute approximate surface area is 206 Å². The van der Waals surface area contributed by atoms with E-state index in [2.05, 4.69) is 20.7 Å². The molecule has 2 aromatic carbocycles. The average Bonchev–Trinajstić information content (AvgIpc) is 3.30. The minimum absolute atomic E-state index is 0. The fourth-order valence-corrected chi connectivity index (χ4v) is 3.09. The van der Waals surface area contributed by atoms with Gasteiger partial charge in [-0.3, -0.25) is 4.99 Å². The van der Waals surface area contributed by atoms with Crippen LogP contribution in [0.4, 0.5) is 0 Å². The van der Waals surface area contributed by atoms with Crippen LogP contribution in [-0.4, -0.2) is 50.7 Å². The molecule has 0 amide bonds. The van der Waals surface area contributed by atoms with Crippen LogP contribution in [-0.2, 0) is 13.0 Å². The molecule has 8 nitrogen and oxygen atoms in total. The summed E-state index contributed by atoms with van der Waals surface area (Å²) in [6.45, 7) is 1.30. The van der Waals surface area contributed by atoms with Crippen molar-refractivity contribution in [2.75, 3.05) is 34.9 Å². The second kappa shape index (κ2) is 12.8. The fourth-order valence-electron chi connectivity index (χ4n) is 3.09. The molecule has 0 bridgehead atoms. The fraction of sp³-hybridized carbons (Fsp3) is 0.304. The predicted molar refractivity (Wildman–Crippen MR) is 137 cm³/mol. The number of hydrogen-bond donors (Lipinski definition) is 2. The lowest BCUT2D eigenvalue weighted by atomic mass is 10.1. The highest BCUT2D eigenvalue weighted by atomic mass is 127. The van der Waals surface area contributed by atoms with Crippen LogP contribution in [0, 0.1) is 0 Å². The van der Waals surface area contributed by atoms with Crippen molar-refractivity contribution in [1.82, 2.24) is 20.4 Å². The number of rotatable bonds is 9. The molecule has 172 valence electrons. The summed E-state index contributed by atoms with van der Waals surface area (Å²) in [5.41, 5.74) is 3.04. The van der Waals surface area contributed by atoms with E-state index in [4.69, 9.17) is 14.2 Å². The van der Waals surface area contributed by atoms with E-state index in [9.17, 15) is 0 Å². The molecule has 2 N–H and O–H groups in total. The number of aromatic nitrogens is 2. The molecule has 0 saturated heterocycles. The zero-order valence-corrected chi connectivity index (χ0v) is 21.1. The first kappa shape index (κ1) is 25.3. The second-order valence-electron chi connectivity index (χ2n) is 6.74.